The maximum Gasteiger partial charge on any atom is 0.281 e. The Morgan fingerprint density at radius 1 is 0.944 bits per heavy atom. The van der Waals surface area contributed by atoms with E-state index in [9.17, 15) is 18.3 Å². The van der Waals surface area contributed by atoms with E-state index in [0.29, 0.717) is 11.1 Å². The Morgan fingerprint density at radius 3 is 1.97 bits per heavy atom. The first kappa shape index (κ1) is 25.1. The van der Waals surface area contributed by atoms with Gasteiger partial charge in [-0.15, -0.1) is 0 Å². The molecular formula is C27H26N4O4S. The SMILES string of the molecule is Cc1cc(C=NNC(=O)C(O)(c2ccccc2)c2ccccc2)c(C)n1-c1ccc(S(N)(=O)=O)cc1. The molecule has 0 radical (unpaired) electrons. The zero-order valence-corrected chi connectivity index (χ0v) is 20.6. The van der Waals surface area contributed by atoms with Gasteiger partial charge in [0, 0.05) is 22.6 Å². The fourth-order valence-electron chi connectivity index (χ4n) is 4.13. The van der Waals surface area contributed by atoms with Gasteiger partial charge in [0.15, 0.2) is 5.60 Å². The number of aromatic nitrogens is 1. The first-order chi connectivity index (χ1) is 17.1. The van der Waals surface area contributed by atoms with Crippen LogP contribution in [0.1, 0.15) is 28.1 Å². The number of benzene rings is 3. The molecule has 4 rings (SSSR count). The highest BCUT2D eigenvalue weighted by Crippen LogP contribution is 2.30. The Bertz CT molecular complexity index is 1470. The molecule has 0 saturated carbocycles. The summed E-state index contributed by atoms with van der Waals surface area (Å²) in [5.41, 5.74) is 4.60. The van der Waals surface area contributed by atoms with Gasteiger partial charge in [-0.05, 0) is 55.3 Å². The second-order valence-corrected chi connectivity index (χ2v) is 9.90. The van der Waals surface area contributed by atoms with E-state index >= 15 is 0 Å². The van der Waals surface area contributed by atoms with Crippen molar-refractivity contribution in [2.24, 2.45) is 10.2 Å². The molecule has 3 aromatic carbocycles. The lowest BCUT2D eigenvalue weighted by atomic mass is 9.85. The van der Waals surface area contributed by atoms with E-state index in [0.717, 1.165) is 22.6 Å². The minimum Gasteiger partial charge on any atom is -0.372 e. The number of primary sulfonamides is 1. The molecule has 36 heavy (non-hydrogen) atoms. The highest BCUT2D eigenvalue weighted by atomic mass is 32.2. The molecule has 9 heteroatoms. The minimum atomic E-state index is -3.78. The summed E-state index contributed by atoms with van der Waals surface area (Å²) in [6, 6.07) is 25.5. The normalized spacial score (nSPS) is 12.1. The molecule has 0 atom stereocenters. The number of sulfonamides is 1. The maximum absolute atomic E-state index is 13.2. The van der Waals surface area contributed by atoms with Gasteiger partial charge >= 0.3 is 0 Å². The molecule has 0 saturated heterocycles. The van der Waals surface area contributed by atoms with E-state index in [1.54, 1.807) is 60.7 Å². The molecule has 1 heterocycles. The fourth-order valence-corrected chi connectivity index (χ4v) is 4.64. The lowest BCUT2D eigenvalue weighted by Gasteiger charge is -2.27. The topological polar surface area (TPSA) is 127 Å². The van der Waals surface area contributed by atoms with Crippen LogP contribution in [0.25, 0.3) is 5.69 Å². The summed E-state index contributed by atoms with van der Waals surface area (Å²) in [5.74, 6) is -0.691. The van der Waals surface area contributed by atoms with Crippen LogP contribution in [0.2, 0.25) is 0 Å². The van der Waals surface area contributed by atoms with Crippen LogP contribution in [-0.2, 0) is 20.4 Å². The third kappa shape index (κ3) is 4.85. The minimum absolute atomic E-state index is 0.0301. The van der Waals surface area contributed by atoms with Crippen LogP contribution in [-0.4, -0.2) is 30.2 Å². The average molecular weight is 503 g/mol. The smallest absolute Gasteiger partial charge is 0.281 e. The van der Waals surface area contributed by atoms with Crippen molar-refractivity contribution in [1.82, 2.24) is 9.99 Å². The maximum atomic E-state index is 13.2. The molecular weight excluding hydrogens is 476 g/mol. The van der Waals surface area contributed by atoms with Gasteiger partial charge in [0.2, 0.25) is 10.0 Å². The largest absolute Gasteiger partial charge is 0.372 e. The van der Waals surface area contributed by atoms with Gasteiger partial charge in [0.1, 0.15) is 0 Å². The number of hydrogen-bond acceptors (Lipinski definition) is 5. The summed E-state index contributed by atoms with van der Waals surface area (Å²) in [7, 11) is -3.78. The molecule has 184 valence electrons. The van der Waals surface area contributed by atoms with E-state index in [-0.39, 0.29) is 4.90 Å². The Labute approximate surface area is 209 Å². The van der Waals surface area contributed by atoms with Crippen molar-refractivity contribution in [2.75, 3.05) is 0 Å². The number of amides is 1. The van der Waals surface area contributed by atoms with Crippen LogP contribution in [0.4, 0.5) is 0 Å². The van der Waals surface area contributed by atoms with Gasteiger partial charge < -0.3 is 9.67 Å². The molecule has 0 unspecified atom stereocenters. The van der Waals surface area contributed by atoms with Crippen LogP contribution in [0.5, 0.6) is 0 Å². The fraction of sp³-hybridized carbons (Fsp3) is 0.111. The van der Waals surface area contributed by atoms with Gasteiger partial charge in [0.25, 0.3) is 5.91 Å². The second-order valence-electron chi connectivity index (χ2n) is 8.34. The molecule has 0 spiro atoms. The lowest BCUT2D eigenvalue weighted by molar-refractivity contribution is -0.136. The third-order valence-corrected chi connectivity index (χ3v) is 6.90. The van der Waals surface area contributed by atoms with E-state index in [1.807, 2.05) is 36.6 Å². The van der Waals surface area contributed by atoms with E-state index in [4.69, 9.17) is 5.14 Å². The summed E-state index contributed by atoms with van der Waals surface area (Å²) in [6.45, 7) is 3.79. The van der Waals surface area contributed by atoms with Crippen molar-refractivity contribution in [1.29, 1.82) is 0 Å². The molecule has 4 aromatic rings. The molecule has 8 nitrogen and oxygen atoms in total. The molecule has 0 aliphatic rings. The number of aliphatic hydroxyl groups is 1. The van der Waals surface area contributed by atoms with E-state index in [1.165, 1.54) is 18.3 Å². The number of carbonyl (C=O) groups excluding carboxylic acids is 1. The van der Waals surface area contributed by atoms with E-state index < -0.39 is 21.5 Å². The van der Waals surface area contributed by atoms with Crippen molar-refractivity contribution in [3.8, 4) is 5.69 Å². The number of rotatable bonds is 7. The standard InChI is InChI=1S/C27H26N4O4S/c1-19-17-21(20(2)31(19)24-13-15-25(16-14-24)36(28,34)35)18-29-30-26(32)27(33,22-9-5-3-6-10-22)23-11-7-4-8-12-23/h3-18,33H,1-2H3,(H,30,32)(H2,28,34,35). The quantitative estimate of drug-likeness (QED) is 0.265. The summed E-state index contributed by atoms with van der Waals surface area (Å²) < 4.78 is 25.0. The van der Waals surface area contributed by atoms with Gasteiger partial charge in [-0.3, -0.25) is 4.79 Å². The zero-order chi connectivity index (χ0) is 25.9. The Kier molecular flexibility index (Phi) is 6.89. The summed E-state index contributed by atoms with van der Waals surface area (Å²) in [5, 5.41) is 20.8. The summed E-state index contributed by atoms with van der Waals surface area (Å²) >= 11 is 0. The molecule has 0 aliphatic carbocycles. The summed E-state index contributed by atoms with van der Waals surface area (Å²) in [6.07, 6.45) is 1.51. The molecule has 1 amide bonds. The van der Waals surface area contributed by atoms with Gasteiger partial charge in [0.05, 0.1) is 11.1 Å². The number of nitrogens with two attached hydrogens (primary N) is 1. The zero-order valence-electron chi connectivity index (χ0n) is 19.8. The van der Waals surface area contributed by atoms with Gasteiger partial charge in [-0.2, -0.15) is 5.10 Å². The molecule has 0 aliphatic heterocycles. The van der Waals surface area contributed by atoms with Crippen LogP contribution in [0, 0.1) is 13.8 Å². The Hall–Kier alpha value is -4.05. The van der Waals surface area contributed by atoms with Crippen molar-refractivity contribution >= 4 is 22.1 Å². The van der Waals surface area contributed by atoms with Crippen LogP contribution < -0.4 is 10.6 Å². The monoisotopic (exact) mass is 502 g/mol. The Morgan fingerprint density at radius 2 is 1.47 bits per heavy atom. The number of hydrazone groups is 1. The van der Waals surface area contributed by atoms with Crippen molar-refractivity contribution in [2.45, 2.75) is 24.3 Å². The highest BCUT2D eigenvalue weighted by molar-refractivity contribution is 7.89. The number of nitrogens with zero attached hydrogens (tertiary/aromatic N) is 2. The number of carbonyl (C=O) groups is 1. The van der Waals surface area contributed by atoms with Crippen LogP contribution >= 0.6 is 0 Å². The number of aryl methyl sites for hydroxylation is 1. The highest BCUT2D eigenvalue weighted by Gasteiger charge is 2.39. The van der Waals surface area contributed by atoms with Crippen molar-refractivity contribution < 1.29 is 18.3 Å². The summed E-state index contributed by atoms with van der Waals surface area (Å²) in [4.78, 5) is 13.2. The lowest BCUT2D eigenvalue weighted by Crippen LogP contribution is -2.43. The third-order valence-electron chi connectivity index (χ3n) is 5.98. The predicted octanol–water partition coefficient (Wildman–Crippen LogP) is 3.13. The van der Waals surface area contributed by atoms with Crippen molar-refractivity contribution in [3.63, 3.8) is 0 Å². The molecule has 0 bridgehead atoms. The second kappa shape index (κ2) is 9.90. The van der Waals surface area contributed by atoms with E-state index in [2.05, 4.69) is 10.5 Å². The first-order valence-corrected chi connectivity index (χ1v) is 12.7. The molecule has 4 N–H and O–H groups in total. The van der Waals surface area contributed by atoms with Crippen LogP contribution in [0.15, 0.2) is 101 Å². The predicted molar refractivity (Wildman–Crippen MR) is 138 cm³/mol. The number of hydrogen-bond donors (Lipinski definition) is 3. The van der Waals surface area contributed by atoms with Crippen molar-refractivity contribution in [3.05, 3.63) is 119 Å². The van der Waals surface area contributed by atoms with Gasteiger partial charge in [-0.1, -0.05) is 60.7 Å². The average Bonchev–Trinajstić information content (AvgIpc) is 3.16. The molecule has 1 aromatic heterocycles. The van der Waals surface area contributed by atoms with Gasteiger partial charge in [-0.25, -0.2) is 19.0 Å². The number of nitrogens with one attached hydrogen (secondary N) is 1. The molecule has 0 fully saturated rings. The van der Waals surface area contributed by atoms with Crippen LogP contribution in [0.3, 0.4) is 0 Å². The Balaban J connectivity index is 1.60. The first-order valence-electron chi connectivity index (χ1n) is 11.1.